The maximum absolute atomic E-state index is 13.2. The molecule has 1 heterocycles. The summed E-state index contributed by atoms with van der Waals surface area (Å²) in [5.41, 5.74) is 8.03. The van der Waals surface area contributed by atoms with Crippen LogP contribution in [0.1, 0.15) is 70.8 Å². The van der Waals surface area contributed by atoms with Crippen LogP contribution in [0.4, 0.5) is 10.3 Å². The molecule has 1 unspecified atom stereocenters. The van der Waals surface area contributed by atoms with Gasteiger partial charge in [-0.25, -0.2) is 9.37 Å². The van der Waals surface area contributed by atoms with E-state index in [-0.39, 0.29) is 17.8 Å². The number of nitrogens with zero attached hydrogens (tertiary/aromatic N) is 3. The van der Waals surface area contributed by atoms with Crippen LogP contribution in [-0.4, -0.2) is 33.4 Å². The molecular weight excluding hydrogens is 431 g/mol. The van der Waals surface area contributed by atoms with Gasteiger partial charge < -0.3 is 19.9 Å². The fraction of sp³-hybridized carbons (Fsp3) is 0.481. The van der Waals surface area contributed by atoms with Crippen LogP contribution in [0.2, 0.25) is 0 Å². The second-order valence-corrected chi connectivity index (χ2v) is 9.32. The molecule has 1 aliphatic carbocycles. The molecule has 1 aromatic heterocycles. The smallest absolute Gasteiger partial charge is 0.222 e. The number of nitrogen functional groups attached to an aromatic ring is 1. The lowest BCUT2D eigenvalue weighted by Gasteiger charge is -2.32. The van der Waals surface area contributed by atoms with E-state index in [9.17, 15) is 9.18 Å². The van der Waals surface area contributed by atoms with Crippen LogP contribution < -0.4 is 10.5 Å². The number of amides is 1. The molecule has 1 saturated carbocycles. The molecule has 0 radical (unpaired) electrons. The molecule has 0 spiro atoms. The van der Waals surface area contributed by atoms with Crippen LogP contribution in [0, 0.1) is 5.82 Å². The Hall–Kier alpha value is -3.09. The molecule has 1 fully saturated rings. The van der Waals surface area contributed by atoms with Crippen LogP contribution in [0.3, 0.4) is 0 Å². The van der Waals surface area contributed by atoms with Gasteiger partial charge in [0.15, 0.2) is 0 Å². The summed E-state index contributed by atoms with van der Waals surface area (Å²) in [4.78, 5) is 19.5. The first-order valence-corrected chi connectivity index (χ1v) is 12.4. The van der Waals surface area contributed by atoms with E-state index in [1.807, 2.05) is 34.7 Å². The summed E-state index contributed by atoms with van der Waals surface area (Å²) in [5, 5.41) is 0. The van der Waals surface area contributed by atoms with Crippen molar-refractivity contribution in [1.82, 2.24) is 14.5 Å². The van der Waals surface area contributed by atoms with Crippen molar-refractivity contribution in [3.63, 3.8) is 0 Å². The molecule has 0 bridgehead atoms. The highest BCUT2D eigenvalue weighted by Crippen LogP contribution is 2.33. The summed E-state index contributed by atoms with van der Waals surface area (Å²) in [6.07, 6.45) is 8.98. The highest BCUT2D eigenvalue weighted by molar-refractivity contribution is 5.80. The Morgan fingerprint density at radius 3 is 2.56 bits per heavy atom. The number of ether oxygens (including phenoxy) is 1. The van der Waals surface area contributed by atoms with Gasteiger partial charge in [-0.1, -0.05) is 32.6 Å². The van der Waals surface area contributed by atoms with E-state index in [1.54, 1.807) is 12.1 Å². The number of carbonyl (C=O) groups is 1. The largest absolute Gasteiger partial charge is 0.457 e. The number of benzene rings is 2. The van der Waals surface area contributed by atoms with Crippen molar-refractivity contribution in [1.29, 1.82) is 0 Å². The molecule has 0 aliphatic heterocycles. The Morgan fingerprint density at radius 2 is 1.85 bits per heavy atom. The van der Waals surface area contributed by atoms with Crippen LogP contribution in [0.5, 0.6) is 11.5 Å². The van der Waals surface area contributed by atoms with Gasteiger partial charge in [0.1, 0.15) is 17.3 Å². The van der Waals surface area contributed by atoms with Crippen molar-refractivity contribution in [3.05, 3.63) is 48.3 Å². The van der Waals surface area contributed by atoms with Crippen molar-refractivity contribution in [3.8, 4) is 11.5 Å². The maximum Gasteiger partial charge on any atom is 0.222 e. The normalized spacial score (nSPS) is 15.4. The maximum atomic E-state index is 13.2. The minimum atomic E-state index is -0.306. The minimum Gasteiger partial charge on any atom is -0.457 e. The molecule has 34 heavy (non-hydrogen) atoms. The predicted octanol–water partition coefficient (Wildman–Crippen LogP) is 6.46. The van der Waals surface area contributed by atoms with Crippen LogP contribution in [0.25, 0.3) is 11.0 Å². The van der Waals surface area contributed by atoms with Crippen LogP contribution in [0.15, 0.2) is 42.5 Å². The molecule has 4 rings (SSSR count). The third kappa shape index (κ3) is 5.51. The lowest BCUT2D eigenvalue weighted by atomic mass is 9.94. The van der Waals surface area contributed by atoms with Gasteiger partial charge in [0.25, 0.3) is 0 Å². The topological polar surface area (TPSA) is 73.4 Å². The monoisotopic (exact) mass is 466 g/mol. The number of aromatic nitrogens is 2. The van der Waals surface area contributed by atoms with Crippen LogP contribution in [-0.2, 0) is 4.79 Å². The van der Waals surface area contributed by atoms with Crippen molar-refractivity contribution in [2.75, 3.05) is 12.8 Å². The van der Waals surface area contributed by atoms with Gasteiger partial charge in [0, 0.05) is 31.6 Å². The Bertz CT molecular complexity index is 1110. The molecule has 0 saturated heterocycles. The van der Waals surface area contributed by atoms with Crippen molar-refractivity contribution < 1.29 is 13.9 Å². The molecule has 1 atom stereocenters. The SMILES string of the molecule is CCCC(CCC(=O)N(C)C1CCCCC1)n1c(N)nc2ccc(Oc3ccc(F)cc3)cc21. The number of rotatable bonds is 9. The number of hydrogen-bond donors (Lipinski definition) is 1. The first kappa shape index (κ1) is 24.0. The van der Waals surface area contributed by atoms with Gasteiger partial charge in [0.05, 0.1) is 11.0 Å². The predicted molar refractivity (Wildman–Crippen MR) is 133 cm³/mol. The van der Waals surface area contributed by atoms with Gasteiger partial charge >= 0.3 is 0 Å². The average molecular weight is 467 g/mol. The first-order chi connectivity index (χ1) is 16.5. The summed E-state index contributed by atoms with van der Waals surface area (Å²) >= 11 is 0. The van der Waals surface area contributed by atoms with Gasteiger partial charge in [-0.3, -0.25) is 4.79 Å². The molecule has 182 valence electrons. The third-order valence-corrected chi connectivity index (χ3v) is 6.93. The number of imidazole rings is 1. The van der Waals surface area contributed by atoms with Gasteiger partial charge in [0.2, 0.25) is 11.9 Å². The van der Waals surface area contributed by atoms with E-state index < -0.39 is 0 Å². The minimum absolute atomic E-state index is 0.0692. The summed E-state index contributed by atoms with van der Waals surface area (Å²) < 4.78 is 21.2. The molecular formula is C27H35FN4O2. The van der Waals surface area contributed by atoms with Gasteiger partial charge in [-0.2, -0.15) is 0 Å². The number of carbonyl (C=O) groups excluding carboxylic acids is 1. The van der Waals surface area contributed by atoms with Crippen molar-refractivity contribution in [2.45, 2.75) is 76.8 Å². The Kier molecular flexibility index (Phi) is 7.70. The zero-order chi connectivity index (χ0) is 24.1. The zero-order valence-electron chi connectivity index (χ0n) is 20.2. The quantitative estimate of drug-likeness (QED) is 0.393. The van der Waals surface area contributed by atoms with Gasteiger partial charge in [-0.15, -0.1) is 0 Å². The summed E-state index contributed by atoms with van der Waals surface area (Å²) in [6.45, 7) is 2.14. The number of nitrogens with two attached hydrogens (primary N) is 1. The Labute approximate surface area is 200 Å². The number of halogens is 1. The molecule has 6 nitrogen and oxygen atoms in total. The number of fused-ring (bicyclic) bond motifs is 1. The van der Waals surface area contributed by atoms with E-state index >= 15 is 0 Å². The lowest BCUT2D eigenvalue weighted by Crippen LogP contribution is -2.38. The summed E-state index contributed by atoms with van der Waals surface area (Å²) in [6, 6.07) is 12.0. The first-order valence-electron chi connectivity index (χ1n) is 12.4. The fourth-order valence-electron chi connectivity index (χ4n) is 5.05. The third-order valence-electron chi connectivity index (χ3n) is 6.93. The van der Waals surface area contributed by atoms with E-state index in [0.717, 1.165) is 36.7 Å². The molecule has 2 N–H and O–H groups in total. The highest BCUT2D eigenvalue weighted by Gasteiger charge is 2.24. The van der Waals surface area contributed by atoms with Crippen molar-refractivity contribution in [2.24, 2.45) is 0 Å². The average Bonchev–Trinajstić information content (AvgIpc) is 3.18. The molecule has 2 aromatic carbocycles. The number of anilines is 1. The standard InChI is InChI=1S/C27H35FN4O2/c1-3-7-21(12-17-26(33)31(2)20-8-5-4-6-9-20)32-25-18-23(15-16-24(25)30-27(32)29)34-22-13-10-19(28)11-14-22/h10-11,13-16,18,20-21H,3-9,12,17H2,1-2H3,(H2,29,30). The lowest BCUT2D eigenvalue weighted by molar-refractivity contribution is -0.132. The summed E-state index contributed by atoms with van der Waals surface area (Å²) in [5.74, 6) is 1.53. The summed E-state index contributed by atoms with van der Waals surface area (Å²) in [7, 11) is 1.95. The van der Waals surface area contributed by atoms with Crippen LogP contribution >= 0.6 is 0 Å². The van der Waals surface area contributed by atoms with E-state index in [1.165, 1.54) is 31.4 Å². The zero-order valence-corrected chi connectivity index (χ0v) is 20.2. The molecule has 1 amide bonds. The molecule has 1 aliphatic rings. The second kappa shape index (κ2) is 10.9. The molecule has 7 heteroatoms. The Morgan fingerprint density at radius 1 is 1.15 bits per heavy atom. The highest BCUT2D eigenvalue weighted by atomic mass is 19.1. The Balaban J connectivity index is 1.52. The number of hydrogen-bond acceptors (Lipinski definition) is 4. The van der Waals surface area contributed by atoms with E-state index in [0.29, 0.717) is 36.3 Å². The molecule has 3 aromatic rings. The second-order valence-electron chi connectivity index (χ2n) is 9.32. The van der Waals surface area contributed by atoms with Crippen molar-refractivity contribution >= 4 is 22.9 Å². The van der Waals surface area contributed by atoms with E-state index in [2.05, 4.69) is 11.9 Å². The van der Waals surface area contributed by atoms with Gasteiger partial charge in [-0.05, 0) is 62.1 Å². The fourth-order valence-corrected chi connectivity index (χ4v) is 5.05. The van der Waals surface area contributed by atoms with E-state index in [4.69, 9.17) is 10.5 Å².